The van der Waals surface area contributed by atoms with Crippen molar-refractivity contribution in [1.82, 2.24) is 34.9 Å². The third-order valence-electron chi connectivity index (χ3n) is 8.41. The second-order valence-electron chi connectivity index (χ2n) is 12.0. The summed E-state index contributed by atoms with van der Waals surface area (Å²) in [5.41, 5.74) is 2.07. The number of hydrogen-bond acceptors (Lipinski definition) is 12. The topological polar surface area (TPSA) is 217 Å². The second-order valence-corrected chi connectivity index (χ2v) is 14.2. The summed E-state index contributed by atoms with van der Waals surface area (Å²) in [5.74, 6) is -0.608. The highest BCUT2D eigenvalue weighted by Crippen LogP contribution is 2.48. The number of benzene rings is 1. The third-order valence-corrected chi connectivity index (χ3v) is 9.82. The fourth-order valence-corrected chi connectivity index (χ4v) is 6.93. The molecule has 1 aromatic carbocycles. The van der Waals surface area contributed by atoms with Gasteiger partial charge >= 0.3 is 7.82 Å². The number of likely N-dealkylation sites (tertiary alicyclic amines) is 1. The minimum Gasteiger partial charge on any atom is -0.382 e. The van der Waals surface area contributed by atoms with Gasteiger partial charge in [-0.3, -0.25) is 32.9 Å². The van der Waals surface area contributed by atoms with Crippen LogP contribution in [0.1, 0.15) is 36.1 Å². The lowest BCUT2D eigenvalue weighted by molar-refractivity contribution is -0.138. The molecule has 1 saturated heterocycles. The molecule has 2 fully saturated rings. The Labute approximate surface area is 299 Å². The van der Waals surface area contributed by atoms with Crippen LogP contribution in [0.3, 0.4) is 0 Å². The molecule has 268 valence electrons. The molecule has 4 heterocycles. The summed E-state index contributed by atoms with van der Waals surface area (Å²) in [4.78, 5) is 75.8. The zero-order valence-corrected chi connectivity index (χ0v) is 30.0. The number of halogens is 1. The Morgan fingerprint density at radius 3 is 2.57 bits per heavy atom. The zero-order chi connectivity index (χ0) is 36.3. The lowest BCUT2D eigenvalue weighted by Gasteiger charge is -2.26. The Morgan fingerprint density at radius 2 is 1.84 bits per heavy atom. The molecule has 3 amide bonds. The highest BCUT2D eigenvalue weighted by atomic mass is 79.9. The fraction of sp³-hybridized carbons (Fsp3) is 0.375. The molecular weight excluding hydrogens is 751 g/mol. The highest BCUT2D eigenvalue weighted by Gasteiger charge is 2.56. The summed E-state index contributed by atoms with van der Waals surface area (Å²) in [6, 6.07) is 9.86. The maximum atomic E-state index is 13.7. The number of Topliss-reactive ketones (excluding diaryl/α,β-unsaturated/α-hetero) is 1. The number of nitrogens with one attached hydrogen (secondary N) is 2. The summed E-state index contributed by atoms with van der Waals surface area (Å²) in [6.07, 6.45) is 4.50. The monoisotopic (exact) mass is 784 g/mol. The van der Waals surface area contributed by atoms with Gasteiger partial charge < -0.3 is 25.2 Å². The number of carbonyl (C=O) groups excluding carboxylic acids is 4. The number of amides is 3. The van der Waals surface area contributed by atoms with Gasteiger partial charge in [-0.05, 0) is 64.5 Å². The number of hydrogen-bond donors (Lipinski definition) is 3. The smallest absolute Gasteiger partial charge is 0.382 e. The van der Waals surface area contributed by atoms with Crippen LogP contribution in [-0.2, 0) is 45.8 Å². The van der Waals surface area contributed by atoms with Crippen molar-refractivity contribution in [2.45, 2.75) is 44.9 Å². The van der Waals surface area contributed by atoms with Crippen molar-refractivity contribution in [2.24, 2.45) is 5.92 Å². The molecule has 0 spiro atoms. The Hall–Kier alpha value is -4.45. The first-order chi connectivity index (χ1) is 24.4. The summed E-state index contributed by atoms with van der Waals surface area (Å²) < 4.78 is 27.9. The summed E-state index contributed by atoms with van der Waals surface area (Å²) in [7, 11) is -3.00. The van der Waals surface area contributed by atoms with E-state index in [4.69, 9.17) is 4.74 Å². The third kappa shape index (κ3) is 8.72. The van der Waals surface area contributed by atoms with Gasteiger partial charge in [0.1, 0.15) is 41.1 Å². The fourth-order valence-electron chi connectivity index (χ4n) is 5.92. The number of ketones is 1. The van der Waals surface area contributed by atoms with Crippen LogP contribution in [0.4, 0.5) is 5.82 Å². The number of anilines is 1. The average molecular weight is 786 g/mol. The molecule has 0 bridgehead atoms. The highest BCUT2D eigenvalue weighted by molar-refractivity contribution is 9.10. The normalized spacial score (nSPS) is 19.0. The van der Waals surface area contributed by atoms with Crippen molar-refractivity contribution >= 4 is 64.0 Å². The molecule has 4 atom stereocenters. The number of aromatic nitrogens is 5. The maximum Gasteiger partial charge on any atom is 0.472 e. The minimum atomic E-state index is -4.41. The van der Waals surface area contributed by atoms with Gasteiger partial charge in [0.2, 0.25) is 17.7 Å². The molecule has 3 aromatic heterocycles. The number of rotatable bonds is 15. The van der Waals surface area contributed by atoms with Crippen molar-refractivity contribution < 1.29 is 42.4 Å². The molecule has 3 N–H and O–H groups in total. The van der Waals surface area contributed by atoms with Crippen LogP contribution in [0.15, 0.2) is 53.4 Å². The second kappa shape index (κ2) is 15.4. The van der Waals surface area contributed by atoms with Crippen LogP contribution in [-0.4, -0.2) is 97.0 Å². The van der Waals surface area contributed by atoms with E-state index in [0.717, 1.165) is 6.42 Å². The number of ether oxygens (including phenoxy) is 1. The van der Waals surface area contributed by atoms with E-state index in [2.05, 4.69) is 55.7 Å². The Bertz CT molecular complexity index is 2030. The van der Waals surface area contributed by atoms with Gasteiger partial charge in [-0.2, -0.15) is 5.10 Å². The molecule has 1 saturated carbocycles. The zero-order valence-electron chi connectivity index (χ0n) is 27.5. The number of phosphoric ester groups is 1. The van der Waals surface area contributed by atoms with Crippen LogP contribution >= 0.6 is 23.8 Å². The van der Waals surface area contributed by atoms with E-state index < -0.39 is 26.4 Å². The molecule has 51 heavy (non-hydrogen) atoms. The first-order valence-electron chi connectivity index (χ1n) is 15.9. The summed E-state index contributed by atoms with van der Waals surface area (Å²) in [6.45, 7) is 0.369. The van der Waals surface area contributed by atoms with Crippen LogP contribution in [0, 0.1) is 5.92 Å². The van der Waals surface area contributed by atoms with Crippen LogP contribution in [0.5, 0.6) is 0 Å². The van der Waals surface area contributed by atoms with Gasteiger partial charge in [0.25, 0.3) is 0 Å². The first-order valence-corrected chi connectivity index (χ1v) is 18.2. The number of pyridine rings is 1. The van der Waals surface area contributed by atoms with E-state index in [-0.39, 0.29) is 67.4 Å². The van der Waals surface area contributed by atoms with Crippen molar-refractivity contribution in [1.29, 1.82) is 0 Å². The van der Waals surface area contributed by atoms with Crippen LogP contribution in [0.2, 0.25) is 0 Å². The molecule has 1 aliphatic carbocycles. The number of phosphoric acid groups is 1. The number of nitrogens with zero attached hydrogens (tertiary/aromatic N) is 6. The molecule has 17 nitrogen and oxygen atoms in total. The van der Waals surface area contributed by atoms with E-state index >= 15 is 0 Å². The molecule has 0 radical (unpaired) electrons. The summed E-state index contributed by atoms with van der Waals surface area (Å²) in [5, 5.41) is 10.4. The largest absolute Gasteiger partial charge is 0.472 e. The molecule has 1 unspecified atom stereocenters. The van der Waals surface area contributed by atoms with E-state index in [1.807, 2.05) is 0 Å². The Kier molecular flexibility index (Phi) is 11.0. The number of piperidine rings is 1. The van der Waals surface area contributed by atoms with Crippen molar-refractivity contribution in [3.8, 4) is 11.1 Å². The van der Waals surface area contributed by atoms with Crippen molar-refractivity contribution in [2.75, 3.05) is 32.2 Å². The molecule has 4 aromatic rings. The van der Waals surface area contributed by atoms with Crippen LogP contribution < -0.4 is 10.6 Å². The minimum absolute atomic E-state index is 0.0148. The first kappa shape index (κ1) is 36.3. The predicted octanol–water partition coefficient (Wildman–Crippen LogP) is 2.88. The van der Waals surface area contributed by atoms with Crippen LogP contribution in [0.25, 0.3) is 22.0 Å². The number of fused-ring (bicyclic) bond motifs is 2. The molecule has 6 rings (SSSR count). The van der Waals surface area contributed by atoms with Gasteiger partial charge in [-0.1, -0.05) is 12.1 Å². The number of methoxy groups -OCH3 is 1. The van der Waals surface area contributed by atoms with E-state index in [1.165, 1.54) is 18.7 Å². The molecular formula is C32H34BrN8O9P. The van der Waals surface area contributed by atoms with Gasteiger partial charge in [0, 0.05) is 43.4 Å². The maximum absolute atomic E-state index is 13.7. The van der Waals surface area contributed by atoms with Crippen molar-refractivity contribution in [3.05, 3.63) is 64.9 Å². The Morgan fingerprint density at radius 1 is 1.06 bits per heavy atom. The quantitative estimate of drug-likeness (QED) is 0.0685. The van der Waals surface area contributed by atoms with E-state index in [9.17, 15) is 28.6 Å². The lowest BCUT2D eigenvalue weighted by Crippen LogP contribution is -2.46. The number of carbonyl (C=O) groups is 4. The Balaban J connectivity index is 1.11. The standard InChI is InChI=1S/C32H34BrN8O9P/c1-18(42)31-22-10-19(21-13-34-28(35-14-21)15-36-29(43)17-50-51(46,47)49-9-8-48-2)6-7-23(22)40(39-31)16-30(44)41-24-11-20(24)12-25(41)32(45)38-27-5-3-4-26(33)37-27/h3-7,10,13-14,20,24-25H,8-9,11-12,15-17H2,1-2H3,(H,36,43)(H,46,47)(H,37,38,45)/t20-,24-,25+/m1/s1. The van der Waals surface area contributed by atoms with E-state index in [1.54, 1.807) is 53.7 Å². The van der Waals surface area contributed by atoms with E-state index in [0.29, 0.717) is 38.9 Å². The molecule has 19 heteroatoms. The van der Waals surface area contributed by atoms with Gasteiger partial charge in [0.15, 0.2) is 5.78 Å². The molecule has 2 aliphatic rings. The van der Waals surface area contributed by atoms with Gasteiger partial charge in [0.05, 0.1) is 25.3 Å². The summed E-state index contributed by atoms with van der Waals surface area (Å²) >= 11 is 3.30. The van der Waals surface area contributed by atoms with Crippen molar-refractivity contribution in [3.63, 3.8) is 0 Å². The van der Waals surface area contributed by atoms with Gasteiger partial charge in [-0.25, -0.2) is 19.5 Å². The predicted molar refractivity (Wildman–Crippen MR) is 184 cm³/mol. The average Bonchev–Trinajstić information content (AvgIpc) is 3.61. The van der Waals surface area contributed by atoms with Gasteiger partial charge in [-0.15, -0.1) is 0 Å². The SMILES string of the molecule is COCCOP(=O)(O)OCC(=O)NCc1ncc(-c2ccc3c(c2)c(C(C)=O)nn3CC(=O)N2[C@@H]3C[C@@H]3C[C@H]2C(=O)Nc2cccc(Br)n2)cn1. The lowest BCUT2D eigenvalue weighted by atomic mass is 10.0. The molecule has 1 aliphatic heterocycles.